The Balaban J connectivity index is 2.75. The molecule has 0 amide bonds. The zero-order valence-electron chi connectivity index (χ0n) is 6.56. The van der Waals surface area contributed by atoms with Crippen molar-refractivity contribution in [1.29, 1.82) is 0 Å². The van der Waals surface area contributed by atoms with Crippen LogP contribution in [0.25, 0.3) is 5.65 Å². The molecule has 0 unspecified atom stereocenters. The lowest BCUT2D eigenvalue weighted by Gasteiger charge is -1.91. The van der Waals surface area contributed by atoms with Crippen LogP contribution < -0.4 is 0 Å². The smallest absolute Gasteiger partial charge is 0.170 e. The Morgan fingerprint density at radius 1 is 1.50 bits per heavy atom. The number of fused-ring (bicyclic) bond motifs is 1. The maximum absolute atomic E-state index is 10.4. The lowest BCUT2D eigenvalue weighted by molar-refractivity contribution is 0.111. The van der Waals surface area contributed by atoms with E-state index in [-0.39, 0.29) is 0 Å². The predicted molar refractivity (Wildman–Crippen MR) is 43.1 cm³/mol. The average molecular weight is 161 g/mol. The SMILES string of the molecule is Cc1ccc2nc(C=O)cn2n1. The minimum atomic E-state index is 0.410. The molecule has 0 saturated heterocycles. The molecule has 0 fully saturated rings. The summed E-state index contributed by atoms with van der Waals surface area (Å²) in [4.78, 5) is 14.4. The van der Waals surface area contributed by atoms with Crippen molar-refractivity contribution in [3.63, 3.8) is 0 Å². The number of carbonyl (C=O) groups is 1. The van der Waals surface area contributed by atoms with E-state index in [0.29, 0.717) is 17.6 Å². The minimum Gasteiger partial charge on any atom is -0.296 e. The van der Waals surface area contributed by atoms with Crippen LogP contribution in [0.3, 0.4) is 0 Å². The van der Waals surface area contributed by atoms with Gasteiger partial charge in [0.05, 0.1) is 11.9 Å². The third kappa shape index (κ3) is 0.972. The molecule has 0 aliphatic heterocycles. The van der Waals surface area contributed by atoms with Crippen molar-refractivity contribution >= 4 is 11.9 Å². The van der Waals surface area contributed by atoms with Gasteiger partial charge in [0, 0.05) is 0 Å². The van der Waals surface area contributed by atoms with Crippen molar-refractivity contribution in [2.45, 2.75) is 6.92 Å². The second-order valence-electron chi connectivity index (χ2n) is 2.56. The Morgan fingerprint density at radius 2 is 2.33 bits per heavy atom. The van der Waals surface area contributed by atoms with Gasteiger partial charge in [-0.3, -0.25) is 4.79 Å². The number of aromatic nitrogens is 3. The van der Waals surface area contributed by atoms with E-state index in [1.54, 1.807) is 10.7 Å². The third-order valence-corrected chi connectivity index (χ3v) is 1.59. The topological polar surface area (TPSA) is 47.3 Å². The summed E-state index contributed by atoms with van der Waals surface area (Å²) in [7, 11) is 0. The van der Waals surface area contributed by atoms with Crippen molar-refractivity contribution < 1.29 is 4.79 Å². The monoisotopic (exact) mass is 161 g/mol. The molecule has 0 aliphatic rings. The highest BCUT2D eigenvalue weighted by atomic mass is 16.1. The summed E-state index contributed by atoms with van der Waals surface area (Å²) < 4.78 is 1.60. The molecule has 0 spiro atoms. The molecule has 60 valence electrons. The van der Waals surface area contributed by atoms with Crippen LogP contribution in [0.4, 0.5) is 0 Å². The fourth-order valence-electron chi connectivity index (χ4n) is 1.05. The molecular weight excluding hydrogens is 154 g/mol. The first-order valence-electron chi connectivity index (χ1n) is 3.58. The molecule has 0 atom stereocenters. The molecule has 2 aromatic rings. The van der Waals surface area contributed by atoms with Gasteiger partial charge in [-0.25, -0.2) is 9.50 Å². The van der Waals surface area contributed by atoms with Gasteiger partial charge in [0.15, 0.2) is 11.9 Å². The fourth-order valence-corrected chi connectivity index (χ4v) is 1.05. The Hall–Kier alpha value is -1.71. The van der Waals surface area contributed by atoms with E-state index in [4.69, 9.17) is 0 Å². The summed E-state index contributed by atoms with van der Waals surface area (Å²) in [5.41, 5.74) is 2.01. The maximum Gasteiger partial charge on any atom is 0.170 e. The fraction of sp³-hybridized carbons (Fsp3) is 0.125. The van der Waals surface area contributed by atoms with E-state index < -0.39 is 0 Å². The van der Waals surface area contributed by atoms with Gasteiger partial charge in [-0.15, -0.1) is 0 Å². The average Bonchev–Trinajstić information content (AvgIpc) is 2.46. The third-order valence-electron chi connectivity index (χ3n) is 1.59. The summed E-state index contributed by atoms with van der Waals surface area (Å²) in [5, 5.41) is 4.14. The van der Waals surface area contributed by atoms with Crippen molar-refractivity contribution in [3.8, 4) is 0 Å². The van der Waals surface area contributed by atoms with Crippen LogP contribution in [-0.4, -0.2) is 20.9 Å². The summed E-state index contributed by atoms with van der Waals surface area (Å²) in [6.45, 7) is 1.89. The highest BCUT2D eigenvalue weighted by Gasteiger charge is 1.99. The first-order valence-corrected chi connectivity index (χ1v) is 3.58. The molecule has 0 N–H and O–H groups in total. The Kier molecular flexibility index (Phi) is 1.40. The molecule has 0 saturated carbocycles. The largest absolute Gasteiger partial charge is 0.296 e. The number of hydrogen-bond acceptors (Lipinski definition) is 3. The normalized spacial score (nSPS) is 10.4. The van der Waals surface area contributed by atoms with Crippen LogP contribution >= 0.6 is 0 Å². The summed E-state index contributed by atoms with van der Waals surface area (Å²) in [6.07, 6.45) is 2.32. The first-order chi connectivity index (χ1) is 5.79. The molecule has 2 aromatic heterocycles. The van der Waals surface area contributed by atoms with E-state index in [0.717, 1.165) is 5.69 Å². The minimum absolute atomic E-state index is 0.410. The van der Waals surface area contributed by atoms with Crippen molar-refractivity contribution in [3.05, 3.63) is 29.7 Å². The number of imidazole rings is 1. The highest BCUT2D eigenvalue weighted by Crippen LogP contribution is 2.01. The summed E-state index contributed by atoms with van der Waals surface area (Å²) in [5.74, 6) is 0. The number of aryl methyl sites for hydroxylation is 1. The van der Waals surface area contributed by atoms with Gasteiger partial charge in [-0.1, -0.05) is 0 Å². The second kappa shape index (κ2) is 2.41. The molecule has 0 aliphatic carbocycles. The Bertz CT molecular complexity index is 433. The quantitative estimate of drug-likeness (QED) is 0.582. The number of hydrogen-bond donors (Lipinski definition) is 0. The molecule has 4 nitrogen and oxygen atoms in total. The zero-order valence-corrected chi connectivity index (χ0v) is 6.56. The van der Waals surface area contributed by atoms with Crippen molar-refractivity contribution in [2.24, 2.45) is 0 Å². The van der Waals surface area contributed by atoms with E-state index in [9.17, 15) is 4.79 Å². The van der Waals surface area contributed by atoms with Crippen LogP contribution in [0.2, 0.25) is 0 Å². The van der Waals surface area contributed by atoms with Gasteiger partial charge in [0.1, 0.15) is 5.69 Å². The zero-order chi connectivity index (χ0) is 8.55. The molecule has 4 heteroatoms. The number of nitrogens with zero attached hydrogens (tertiary/aromatic N) is 3. The summed E-state index contributed by atoms with van der Waals surface area (Å²) >= 11 is 0. The van der Waals surface area contributed by atoms with Gasteiger partial charge < -0.3 is 0 Å². The molecule has 12 heavy (non-hydrogen) atoms. The van der Waals surface area contributed by atoms with E-state index >= 15 is 0 Å². The number of rotatable bonds is 1. The lowest BCUT2D eigenvalue weighted by Crippen LogP contribution is -1.91. The van der Waals surface area contributed by atoms with Gasteiger partial charge in [0.2, 0.25) is 0 Å². The molecule has 0 aromatic carbocycles. The number of aldehydes is 1. The second-order valence-corrected chi connectivity index (χ2v) is 2.56. The van der Waals surface area contributed by atoms with Crippen LogP contribution in [-0.2, 0) is 0 Å². The maximum atomic E-state index is 10.4. The molecule has 2 heterocycles. The van der Waals surface area contributed by atoms with Crippen LogP contribution in [0, 0.1) is 6.92 Å². The Morgan fingerprint density at radius 3 is 3.08 bits per heavy atom. The predicted octanol–water partition coefficient (Wildman–Crippen LogP) is 0.850. The van der Waals surface area contributed by atoms with E-state index in [2.05, 4.69) is 10.1 Å². The summed E-state index contributed by atoms with van der Waals surface area (Å²) in [6, 6.07) is 3.69. The van der Waals surface area contributed by atoms with Gasteiger partial charge in [0.25, 0.3) is 0 Å². The molecule has 2 rings (SSSR count). The number of carbonyl (C=O) groups excluding carboxylic acids is 1. The lowest BCUT2D eigenvalue weighted by atomic mass is 10.4. The van der Waals surface area contributed by atoms with Crippen LogP contribution in [0.5, 0.6) is 0 Å². The van der Waals surface area contributed by atoms with Crippen LogP contribution in [0.1, 0.15) is 16.2 Å². The van der Waals surface area contributed by atoms with E-state index in [1.807, 2.05) is 19.1 Å². The van der Waals surface area contributed by atoms with Crippen molar-refractivity contribution in [2.75, 3.05) is 0 Å². The molecule has 0 radical (unpaired) electrons. The molecule has 0 bridgehead atoms. The first kappa shape index (κ1) is 6.97. The van der Waals surface area contributed by atoms with E-state index in [1.165, 1.54) is 0 Å². The van der Waals surface area contributed by atoms with Gasteiger partial charge in [-0.2, -0.15) is 5.10 Å². The van der Waals surface area contributed by atoms with Crippen molar-refractivity contribution in [1.82, 2.24) is 14.6 Å². The highest BCUT2D eigenvalue weighted by molar-refractivity contribution is 5.72. The van der Waals surface area contributed by atoms with Crippen LogP contribution in [0.15, 0.2) is 18.3 Å². The standard InChI is InChI=1S/C8H7N3O/c1-6-2-3-8-9-7(5-12)4-11(8)10-6/h2-5H,1H3. The Labute approximate surface area is 68.8 Å². The van der Waals surface area contributed by atoms with Gasteiger partial charge >= 0.3 is 0 Å². The molecular formula is C8H7N3O. The van der Waals surface area contributed by atoms with Gasteiger partial charge in [-0.05, 0) is 19.1 Å².